The molecular weight excluding hydrogens is 464 g/mol. The Labute approximate surface area is 193 Å². The van der Waals surface area contributed by atoms with E-state index in [1.165, 1.54) is 24.3 Å². The molecule has 0 amide bonds. The van der Waals surface area contributed by atoms with E-state index in [2.05, 4.69) is 0 Å². The topological polar surface area (TPSA) is 46.5 Å². The average molecular weight is 492 g/mol. The lowest BCUT2D eigenvalue weighted by molar-refractivity contribution is -0.903. The summed E-state index contributed by atoms with van der Waals surface area (Å²) in [7, 11) is 3.61. The molecule has 1 aliphatic carbocycles. The molecule has 10 heteroatoms. The van der Waals surface area contributed by atoms with Crippen molar-refractivity contribution in [3.63, 3.8) is 0 Å². The van der Waals surface area contributed by atoms with Gasteiger partial charge in [-0.05, 0) is 42.5 Å². The molecule has 0 aromatic heterocycles. The first kappa shape index (κ1) is 26.1. The average Bonchev–Trinajstić information content (AvgIpc) is 2.71. The summed E-state index contributed by atoms with van der Waals surface area (Å²) in [6.45, 7) is 0.628. The van der Waals surface area contributed by atoms with E-state index in [9.17, 15) is 31.1 Å². The van der Waals surface area contributed by atoms with E-state index < -0.39 is 35.9 Å². The number of fused-ring (bicyclic) bond motifs is 1. The first-order valence-corrected chi connectivity index (χ1v) is 11.1. The van der Waals surface area contributed by atoms with Crippen molar-refractivity contribution in [2.24, 2.45) is 5.92 Å². The number of rotatable bonds is 7. The summed E-state index contributed by atoms with van der Waals surface area (Å²) in [6, 6.07) is 7.35. The van der Waals surface area contributed by atoms with Crippen LogP contribution in [0.15, 0.2) is 30.3 Å². The Bertz CT molecular complexity index is 1020. The normalized spacial score (nSPS) is 19.9. The van der Waals surface area contributed by atoms with E-state index in [1.807, 2.05) is 0 Å². The smallest absolute Gasteiger partial charge is 0.420 e. The molecule has 0 spiro atoms. The summed E-state index contributed by atoms with van der Waals surface area (Å²) in [4.78, 5) is 10.9. The summed E-state index contributed by atoms with van der Waals surface area (Å²) in [5.74, 6) is -2.78. The summed E-state index contributed by atoms with van der Waals surface area (Å²) >= 11 is 0. The van der Waals surface area contributed by atoms with Crippen LogP contribution in [0.5, 0.6) is 5.75 Å². The Morgan fingerprint density at radius 3 is 2.21 bits per heavy atom. The second-order valence-corrected chi connectivity index (χ2v) is 9.54. The van der Waals surface area contributed by atoms with E-state index in [0.717, 1.165) is 0 Å². The maximum Gasteiger partial charge on any atom is 0.420 e. The molecule has 4 nitrogen and oxygen atoms in total. The van der Waals surface area contributed by atoms with Gasteiger partial charge in [0.15, 0.2) is 0 Å². The highest BCUT2D eigenvalue weighted by molar-refractivity contribution is 5.91. The van der Waals surface area contributed by atoms with Crippen molar-refractivity contribution in [3.8, 4) is 5.75 Å². The number of carboxylic acid groups (broad SMARTS) is 1. The van der Waals surface area contributed by atoms with Crippen LogP contribution in [0.2, 0.25) is 0 Å². The number of nitrogens with zero attached hydrogens (tertiary/aromatic N) is 1. The standard InChI is InChI=1S/C24H27F6NO3/c1-31(2,13-12-21(32)33)14-15-4-3-5-19-18(15)10-11-20(22(19)24(28,29)30)34-17-8-6-16(7-9-17)23(25,26)27/h3-5,10-11,16-17H,6-9,12-14H2,1-2H3/p+1. The molecule has 34 heavy (non-hydrogen) atoms. The molecule has 1 saturated carbocycles. The van der Waals surface area contributed by atoms with Crippen molar-refractivity contribution in [3.05, 3.63) is 41.5 Å². The molecule has 3 rings (SSSR count). The summed E-state index contributed by atoms with van der Waals surface area (Å²) < 4.78 is 87.0. The number of quaternary nitrogens is 1. The predicted molar refractivity (Wildman–Crippen MR) is 114 cm³/mol. The van der Waals surface area contributed by atoms with Gasteiger partial charge in [0.25, 0.3) is 0 Å². The van der Waals surface area contributed by atoms with Gasteiger partial charge < -0.3 is 14.3 Å². The molecule has 1 fully saturated rings. The molecule has 188 valence electrons. The number of aliphatic carboxylic acids is 1. The fraction of sp³-hybridized carbons (Fsp3) is 0.542. The zero-order chi connectivity index (χ0) is 25.3. The van der Waals surface area contributed by atoms with Crippen LogP contribution in [-0.4, -0.2) is 48.5 Å². The molecule has 0 aliphatic heterocycles. The number of carbonyl (C=O) groups is 1. The van der Waals surface area contributed by atoms with E-state index in [-0.39, 0.29) is 47.7 Å². The van der Waals surface area contributed by atoms with E-state index >= 15 is 0 Å². The van der Waals surface area contributed by atoms with Crippen LogP contribution in [-0.2, 0) is 17.5 Å². The van der Waals surface area contributed by atoms with E-state index in [0.29, 0.717) is 24.0 Å². The number of alkyl halides is 6. The Balaban J connectivity index is 1.91. The molecule has 0 atom stereocenters. The maximum absolute atomic E-state index is 14.1. The van der Waals surface area contributed by atoms with Gasteiger partial charge in [0.05, 0.1) is 39.1 Å². The number of carboxylic acids is 1. The van der Waals surface area contributed by atoms with Gasteiger partial charge in [-0.25, -0.2) is 0 Å². The lowest BCUT2D eigenvalue weighted by atomic mass is 9.87. The molecule has 2 aromatic carbocycles. The Kier molecular flexibility index (Phi) is 7.40. The minimum Gasteiger partial charge on any atom is -0.490 e. The highest BCUT2D eigenvalue weighted by atomic mass is 19.4. The number of hydrogen-bond donors (Lipinski definition) is 1. The largest absolute Gasteiger partial charge is 0.490 e. The number of benzene rings is 2. The van der Waals surface area contributed by atoms with Crippen molar-refractivity contribution >= 4 is 16.7 Å². The van der Waals surface area contributed by atoms with Gasteiger partial charge in [-0.2, -0.15) is 26.3 Å². The monoisotopic (exact) mass is 492 g/mol. The third-order valence-electron chi connectivity index (χ3n) is 6.36. The molecule has 1 aliphatic rings. The minimum absolute atomic E-state index is 0.0365. The van der Waals surface area contributed by atoms with Gasteiger partial charge in [-0.15, -0.1) is 0 Å². The predicted octanol–water partition coefficient (Wildman–Crippen LogP) is 6.41. The third kappa shape index (κ3) is 6.34. The molecule has 2 aromatic rings. The van der Waals surface area contributed by atoms with Crippen molar-refractivity contribution in [1.82, 2.24) is 0 Å². The molecule has 0 radical (unpaired) electrons. The fourth-order valence-corrected chi connectivity index (χ4v) is 4.56. The van der Waals surface area contributed by atoms with Gasteiger partial charge in [0, 0.05) is 5.56 Å². The van der Waals surface area contributed by atoms with Crippen LogP contribution in [0, 0.1) is 5.92 Å². The maximum atomic E-state index is 14.1. The summed E-state index contributed by atoms with van der Waals surface area (Å²) in [6.07, 6.45) is -10.1. The third-order valence-corrected chi connectivity index (χ3v) is 6.36. The van der Waals surface area contributed by atoms with Crippen LogP contribution in [0.4, 0.5) is 26.3 Å². The first-order chi connectivity index (χ1) is 15.7. The molecular formula is C24H28F6NO3+. The second kappa shape index (κ2) is 9.64. The Morgan fingerprint density at radius 1 is 1.00 bits per heavy atom. The highest BCUT2D eigenvalue weighted by Crippen LogP contribution is 2.44. The zero-order valence-corrected chi connectivity index (χ0v) is 19.0. The second-order valence-electron chi connectivity index (χ2n) is 9.54. The van der Waals surface area contributed by atoms with E-state index in [1.54, 1.807) is 20.2 Å². The van der Waals surface area contributed by atoms with Gasteiger partial charge >= 0.3 is 18.3 Å². The van der Waals surface area contributed by atoms with Crippen molar-refractivity contribution in [2.75, 3.05) is 20.6 Å². The quantitative estimate of drug-likeness (QED) is 0.359. The zero-order valence-electron chi connectivity index (χ0n) is 19.0. The van der Waals surface area contributed by atoms with Gasteiger partial charge in [0.1, 0.15) is 17.9 Å². The molecule has 0 heterocycles. The minimum atomic E-state index is -4.73. The van der Waals surface area contributed by atoms with Crippen LogP contribution in [0.25, 0.3) is 10.8 Å². The first-order valence-electron chi connectivity index (χ1n) is 11.1. The lowest BCUT2D eigenvalue weighted by Gasteiger charge is -2.31. The van der Waals surface area contributed by atoms with Gasteiger partial charge in [0.2, 0.25) is 0 Å². The molecule has 0 unspecified atom stereocenters. The SMILES string of the molecule is C[N+](C)(CCC(=O)O)Cc1cccc2c(C(F)(F)F)c(OC3CCC(C(F)(F)F)CC3)ccc12. The van der Waals surface area contributed by atoms with Crippen molar-refractivity contribution in [1.29, 1.82) is 0 Å². The van der Waals surface area contributed by atoms with E-state index in [4.69, 9.17) is 9.84 Å². The molecule has 1 N–H and O–H groups in total. The Morgan fingerprint density at radius 2 is 1.65 bits per heavy atom. The molecule has 0 bridgehead atoms. The number of ether oxygens (including phenoxy) is 1. The van der Waals surface area contributed by atoms with Gasteiger partial charge in [-0.1, -0.05) is 24.3 Å². The Hall–Kier alpha value is -2.49. The summed E-state index contributed by atoms with van der Waals surface area (Å²) in [5, 5.41) is 9.28. The van der Waals surface area contributed by atoms with Crippen molar-refractivity contribution < 1.29 is 45.5 Å². The molecule has 0 saturated heterocycles. The number of hydrogen-bond acceptors (Lipinski definition) is 2. The van der Waals surface area contributed by atoms with Gasteiger partial charge in [-0.3, -0.25) is 4.79 Å². The number of halogens is 6. The highest BCUT2D eigenvalue weighted by Gasteiger charge is 2.43. The van der Waals surface area contributed by atoms with Crippen LogP contribution in [0.3, 0.4) is 0 Å². The summed E-state index contributed by atoms with van der Waals surface area (Å²) in [5.41, 5.74) is -0.309. The van der Waals surface area contributed by atoms with Crippen LogP contribution < -0.4 is 4.74 Å². The van der Waals surface area contributed by atoms with Crippen molar-refractivity contribution in [2.45, 2.75) is 57.1 Å². The van der Waals surface area contributed by atoms with Crippen LogP contribution in [0.1, 0.15) is 43.2 Å². The fourth-order valence-electron chi connectivity index (χ4n) is 4.56. The van der Waals surface area contributed by atoms with Crippen LogP contribution >= 0.6 is 0 Å². The lowest BCUT2D eigenvalue weighted by Crippen LogP contribution is -2.40.